The van der Waals surface area contributed by atoms with Gasteiger partial charge in [0.15, 0.2) is 17.3 Å². The Labute approximate surface area is 160 Å². The Hall–Kier alpha value is -2.77. The van der Waals surface area contributed by atoms with E-state index >= 15 is 13.0 Å². The molecule has 0 fully saturated rings. The zero-order valence-electron chi connectivity index (χ0n) is 16.2. The molecule has 0 radical (unpaired) electrons. The molecule has 0 saturated carbocycles. The molecule has 0 amide bonds. The Bertz CT molecular complexity index is 1140. The maximum Gasteiger partial charge on any atom is 0.737 e. The minimum atomic E-state index is -4.18. The molecule has 0 atom stereocenters. The number of hydrogen-bond donors (Lipinski definition) is 0. The monoisotopic (exact) mass is 390 g/mol. The molecule has 4 rings (SSSR count). The van der Waals surface area contributed by atoms with Crippen molar-refractivity contribution >= 4 is 18.3 Å². The third kappa shape index (κ3) is 2.20. The summed E-state index contributed by atoms with van der Waals surface area (Å²) in [4.78, 5) is 0. The van der Waals surface area contributed by atoms with Crippen LogP contribution in [0.4, 0.5) is 17.4 Å². The van der Waals surface area contributed by atoms with Crippen LogP contribution in [0.25, 0.3) is 5.57 Å². The van der Waals surface area contributed by atoms with Gasteiger partial charge in [0.2, 0.25) is 0 Å². The van der Waals surface area contributed by atoms with Gasteiger partial charge in [0.05, 0.1) is 18.2 Å². The molecule has 1 aromatic carbocycles. The zero-order valence-corrected chi connectivity index (χ0v) is 16.2. The molecule has 2 aliphatic heterocycles. The first-order valence-electron chi connectivity index (χ1n) is 8.90. The van der Waals surface area contributed by atoms with E-state index in [4.69, 9.17) is 4.74 Å². The van der Waals surface area contributed by atoms with Crippen molar-refractivity contribution in [2.75, 3.05) is 7.11 Å². The van der Waals surface area contributed by atoms with E-state index < -0.39 is 18.6 Å². The zero-order chi connectivity index (χ0) is 20.5. The van der Waals surface area contributed by atoms with Crippen LogP contribution in [0.3, 0.4) is 0 Å². The normalized spacial score (nSPS) is 17.7. The fraction of sp³-hybridized carbons (Fsp3) is 0.250. The van der Waals surface area contributed by atoms with Gasteiger partial charge in [-0.3, -0.25) is 0 Å². The van der Waals surface area contributed by atoms with E-state index in [2.05, 4.69) is 0 Å². The number of methoxy groups -OCH3 is 1. The predicted octanol–water partition coefficient (Wildman–Crippen LogP) is 4.82. The molecular formula is C20H19BF4N2O. The van der Waals surface area contributed by atoms with Crippen LogP contribution < -0.4 is 4.74 Å². The summed E-state index contributed by atoms with van der Waals surface area (Å²) in [6.07, 6.45) is 1.63. The summed E-state index contributed by atoms with van der Waals surface area (Å²) in [5.74, 6) is -2.10. The summed E-state index contributed by atoms with van der Waals surface area (Å²) in [6.45, 7) is 2.36. The van der Waals surface area contributed by atoms with Gasteiger partial charge in [-0.15, -0.1) is 0 Å². The van der Waals surface area contributed by atoms with Crippen molar-refractivity contribution in [1.29, 1.82) is 0 Å². The molecule has 1 aromatic heterocycles. The third-order valence-corrected chi connectivity index (χ3v) is 5.46. The summed E-state index contributed by atoms with van der Waals surface area (Å²) in [5, 5.41) is 0. The fourth-order valence-corrected chi connectivity index (χ4v) is 4.47. The largest absolute Gasteiger partial charge is 0.737 e. The molecule has 0 spiro atoms. The lowest BCUT2D eigenvalue weighted by Crippen LogP contribution is -2.51. The lowest BCUT2D eigenvalue weighted by Gasteiger charge is -2.34. The van der Waals surface area contributed by atoms with Crippen LogP contribution >= 0.6 is 0 Å². The molecule has 0 bridgehead atoms. The highest BCUT2D eigenvalue weighted by molar-refractivity contribution is 6.58. The van der Waals surface area contributed by atoms with E-state index in [1.54, 1.807) is 39.8 Å². The van der Waals surface area contributed by atoms with Crippen LogP contribution in [-0.2, 0) is 0 Å². The van der Waals surface area contributed by atoms with Crippen LogP contribution in [0.1, 0.15) is 36.4 Å². The SMILES string of the molecule is COc1ccc(F)c(F)c1C1=C2C(C)=CC(C)=[N+]2[B-](F)(F)n2c(C)cc(C)c21. The molecule has 28 heavy (non-hydrogen) atoms. The van der Waals surface area contributed by atoms with E-state index in [1.165, 1.54) is 13.2 Å². The standard InChI is InChI=1S/C20H19BF4N2O/c1-10-8-12(3)26-19(10)17(16-15(28-5)7-6-14(22)18(16)23)20-11(2)9-13(4)27(20)21(26,24)25/h6-9H,1-5H3. The first kappa shape index (κ1) is 18.6. The van der Waals surface area contributed by atoms with Crippen LogP contribution in [0.5, 0.6) is 5.75 Å². The lowest BCUT2D eigenvalue weighted by atomic mass is 9.83. The van der Waals surface area contributed by atoms with Crippen molar-refractivity contribution in [2.45, 2.75) is 27.7 Å². The second-order valence-electron chi connectivity index (χ2n) is 7.28. The Morgan fingerprint density at radius 3 is 2.39 bits per heavy atom. The Balaban J connectivity index is 2.25. The highest BCUT2D eigenvalue weighted by Crippen LogP contribution is 2.47. The molecule has 3 nitrogen and oxygen atoms in total. The van der Waals surface area contributed by atoms with Gasteiger partial charge in [0, 0.05) is 24.3 Å². The van der Waals surface area contributed by atoms with E-state index in [9.17, 15) is 4.39 Å². The highest BCUT2D eigenvalue weighted by atomic mass is 19.2. The molecule has 146 valence electrons. The number of hydrogen-bond acceptors (Lipinski definition) is 1. The Morgan fingerprint density at radius 2 is 1.75 bits per heavy atom. The average Bonchev–Trinajstić information content (AvgIpc) is 3.08. The summed E-state index contributed by atoms with van der Waals surface area (Å²) >= 11 is 0. The third-order valence-electron chi connectivity index (χ3n) is 5.46. The number of ether oxygens (including phenoxy) is 1. The number of nitrogens with zero attached hydrogens (tertiary/aromatic N) is 2. The summed E-state index contributed by atoms with van der Waals surface area (Å²) in [7, 11) is 1.34. The number of rotatable bonds is 2. The first-order valence-corrected chi connectivity index (χ1v) is 8.90. The molecule has 0 saturated heterocycles. The van der Waals surface area contributed by atoms with Crippen LogP contribution in [-0.4, -0.2) is 28.8 Å². The van der Waals surface area contributed by atoms with Crippen LogP contribution in [0.2, 0.25) is 0 Å². The van der Waals surface area contributed by atoms with Gasteiger partial charge in [0.1, 0.15) is 11.5 Å². The van der Waals surface area contributed by atoms with Gasteiger partial charge in [0.25, 0.3) is 0 Å². The number of allylic oxidation sites excluding steroid dienone is 2. The van der Waals surface area contributed by atoms with Crippen molar-refractivity contribution in [3.63, 3.8) is 0 Å². The minimum Gasteiger partial charge on any atom is -0.496 e. The first-order chi connectivity index (χ1) is 13.1. The van der Waals surface area contributed by atoms with Gasteiger partial charge >= 0.3 is 6.97 Å². The van der Waals surface area contributed by atoms with Gasteiger partial charge in [-0.25, -0.2) is 8.78 Å². The average molecular weight is 390 g/mol. The van der Waals surface area contributed by atoms with Crippen molar-refractivity contribution in [3.05, 3.63) is 69.7 Å². The maximum atomic E-state index is 15.6. The number of aryl methyl sites for hydroxylation is 2. The van der Waals surface area contributed by atoms with Crippen LogP contribution in [0.15, 0.2) is 35.5 Å². The van der Waals surface area contributed by atoms with E-state index in [-0.39, 0.29) is 28.3 Å². The topological polar surface area (TPSA) is 17.2 Å². The Kier molecular flexibility index (Phi) is 3.89. The van der Waals surface area contributed by atoms with Crippen molar-refractivity contribution in [3.8, 4) is 5.75 Å². The summed E-state index contributed by atoms with van der Waals surface area (Å²) < 4.78 is 67.5. The number of halogens is 4. The second kappa shape index (κ2) is 5.86. The minimum absolute atomic E-state index is 0.0845. The number of benzene rings is 1. The number of fused-ring (bicyclic) bond motifs is 2. The molecule has 2 aliphatic rings. The summed E-state index contributed by atoms with van der Waals surface area (Å²) in [6, 6.07) is 3.91. The molecule has 8 heteroatoms. The van der Waals surface area contributed by atoms with Crippen LogP contribution in [0, 0.1) is 25.5 Å². The van der Waals surface area contributed by atoms with Crippen molar-refractivity contribution in [2.24, 2.45) is 0 Å². The molecule has 0 aliphatic carbocycles. The van der Waals surface area contributed by atoms with E-state index in [1.807, 2.05) is 0 Å². The second-order valence-corrected chi connectivity index (χ2v) is 7.28. The fourth-order valence-electron chi connectivity index (χ4n) is 4.47. The molecular weight excluding hydrogens is 371 g/mol. The Morgan fingerprint density at radius 1 is 1.07 bits per heavy atom. The summed E-state index contributed by atoms with van der Waals surface area (Å²) in [5.41, 5.74) is 2.23. The van der Waals surface area contributed by atoms with Gasteiger partial charge in [-0.05, 0) is 50.2 Å². The molecule has 2 aromatic rings. The van der Waals surface area contributed by atoms with E-state index in [0.29, 0.717) is 22.5 Å². The lowest BCUT2D eigenvalue weighted by molar-refractivity contribution is -0.363. The van der Waals surface area contributed by atoms with Crippen molar-refractivity contribution < 1.29 is 26.6 Å². The smallest absolute Gasteiger partial charge is 0.496 e. The molecule has 0 unspecified atom stereocenters. The quantitative estimate of drug-likeness (QED) is 0.531. The predicted molar refractivity (Wildman–Crippen MR) is 101 cm³/mol. The van der Waals surface area contributed by atoms with Gasteiger partial charge < -0.3 is 22.3 Å². The van der Waals surface area contributed by atoms with Gasteiger partial charge in [-0.2, -0.15) is 0 Å². The van der Waals surface area contributed by atoms with Gasteiger partial charge in [-0.1, -0.05) is 0 Å². The highest BCUT2D eigenvalue weighted by Gasteiger charge is 2.55. The van der Waals surface area contributed by atoms with E-state index in [0.717, 1.165) is 15.0 Å². The number of aromatic nitrogens is 1. The van der Waals surface area contributed by atoms with Crippen molar-refractivity contribution in [1.82, 2.24) is 4.48 Å². The maximum absolute atomic E-state index is 15.6. The molecule has 3 heterocycles. The molecule has 0 N–H and O–H groups in total.